The number of ether oxygens (including phenoxy) is 2. The van der Waals surface area contributed by atoms with Gasteiger partial charge in [-0.05, 0) is 48.5 Å². The van der Waals surface area contributed by atoms with Crippen LogP contribution >= 0.6 is 0 Å². The van der Waals surface area contributed by atoms with Crippen molar-refractivity contribution in [3.8, 4) is 46.6 Å². The summed E-state index contributed by atoms with van der Waals surface area (Å²) in [5.41, 5.74) is 11.9. The number of nitrogens with two attached hydrogens (primary N) is 2. The Bertz CT molecular complexity index is 2260. The maximum Gasteiger partial charge on any atom is 0.269 e. The lowest BCUT2D eigenvalue weighted by Crippen LogP contribution is -2.37. The Morgan fingerprint density at radius 3 is 1.45 bits per heavy atom. The van der Waals surface area contributed by atoms with Crippen molar-refractivity contribution >= 4 is 23.6 Å². The van der Waals surface area contributed by atoms with Crippen LogP contribution in [0.2, 0.25) is 0 Å². The van der Waals surface area contributed by atoms with Crippen molar-refractivity contribution in [3.63, 3.8) is 0 Å². The van der Waals surface area contributed by atoms with Crippen LogP contribution in [0.25, 0.3) is 11.4 Å². The number of amides is 4. The van der Waals surface area contributed by atoms with E-state index in [9.17, 15) is 29.4 Å². The largest absolute Gasteiger partial charge is 0.491 e. The minimum absolute atomic E-state index is 0.00916. The number of aromatic nitrogens is 4. The number of fused-ring (bicyclic) bond motifs is 6. The fourth-order valence-corrected chi connectivity index (χ4v) is 6.78. The molecule has 0 spiro atoms. The van der Waals surface area contributed by atoms with Crippen molar-refractivity contribution in [2.24, 2.45) is 11.5 Å². The van der Waals surface area contributed by atoms with Crippen molar-refractivity contribution in [1.29, 1.82) is 0 Å². The number of rotatable bonds is 2. The molecule has 0 unspecified atom stereocenters. The van der Waals surface area contributed by atoms with Crippen LogP contribution in [0.15, 0.2) is 48.5 Å². The van der Waals surface area contributed by atoms with Gasteiger partial charge in [-0.15, -0.1) is 0 Å². The molecule has 0 radical (unpaired) electrons. The topological polar surface area (TPSA) is 221 Å². The van der Waals surface area contributed by atoms with E-state index in [-0.39, 0.29) is 36.1 Å². The number of hydrogen-bond donors (Lipinski definition) is 4. The van der Waals surface area contributed by atoms with E-state index in [1.807, 2.05) is 13.8 Å². The minimum atomic E-state index is -1.66. The number of likely N-dealkylation sites (tertiary alicyclic amines) is 2. The summed E-state index contributed by atoms with van der Waals surface area (Å²) >= 11 is 0. The molecular formula is C40H40N8O8. The number of benzene rings is 2. The summed E-state index contributed by atoms with van der Waals surface area (Å²) in [5.74, 6) is 10.4. The molecule has 0 bridgehead atoms. The van der Waals surface area contributed by atoms with Gasteiger partial charge in [0.05, 0.1) is 24.6 Å². The van der Waals surface area contributed by atoms with Crippen molar-refractivity contribution in [3.05, 3.63) is 82.4 Å². The number of likely N-dealkylation sites (N-methyl/N-ethyl adjacent to an activating group) is 2. The third-order valence-corrected chi connectivity index (χ3v) is 10.2. The molecule has 2 saturated heterocycles. The fourth-order valence-electron chi connectivity index (χ4n) is 6.78. The van der Waals surface area contributed by atoms with Crippen LogP contribution in [0.1, 0.15) is 82.0 Å². The van der Waals surface area contributed by atoms with Crippen LogP contribution in [0, 0.1) is 23.7 Å². The molecule has 4 amide bonds. The highest BCUT2D eigenvalue weighted by Crippen LogP contribution is 2.34. The number of nitrogens with zero attached hydrogens (tertiary/aromatic N) is 6. The predicted octanol–water partition coefficient (Wildman–Crippen LogP) is 0.824. The molecule has 16 nitrogen and oxygen atoms in total. The van der Waals surface area contributed by atoms with E-state index in [1.54, 1.807) is 72.0 Å². The summed E-state index contributed by atoms with van der Waals surface area (Å²) in [7, 11) is 3.27. The van der Waals surface area contributed by atoms with Crippen LogP contribution in [0.4, 0.5) is 0 Å². The second-order valence-electron chi connectivity index (χ2n) is 14.4. The summed E-state index contributed by atoms with van der Waals surface area (Å²) in [4.78, 5) is 50.2. The second kappa shape index (κ2) is 14.2. The number of carbonyl (C=O) groups is 4. The quantitative estimate of drug-likeness (QED) is 0.211. The average Bonchev–Trinajstić information content (AvgIpc) is 3.92. The first-order valence-electron chi connectivity index (χ1n) is 17.9. The molecule has 4 aliphatic rings. The summed E-state index contributed by atoms with van der Waals surface area (Å²) in [6.45, 7) is 5.75. The Labute approximate surface area is 321 Å². The van der Waals surface area contributed by atoms with Crippen molar-refractivity contribution < 1.29 is 38.9 Å². The fraction of sp³-hybridized carbons (Fsp3) is 0.350. The van der Waals surface area contributed by atoms with Gasteiger partial charge in [0.2, 0.25) is 11.2 Å². The van der Waals surface area contributed by atoms with Gasteiger partial charge in [-0.1, -0.05) is 37.5 Å². The minimum Gasteiger partial charge on any atom is -0.491 e. The Balaban J connectivity index is 0.000000172. The van der Waals surface area contributed by atoms with E-state index < -0.39 is 34.8 Å². The summed E-state index contributed by atoms with van der Waals surface area (Å²) in [6.07, 6.45) is 0.540. The van der Waals surface area contributed by atoms with E-state index in [0.29, 0.717) is 60.3 Å². The molecule has 6 heterocycles. The van der Waals surface area contributed by atoms with Crippen molar-refractivity contribution in [2.75, 3.05) is 40.4 Å². The first-order chi connectivity index (χ1) is 26.6. The van der Waals surface area contributed by atoms with Gasteiger partial charge in [0.1, 0.15) is 22.9 Å². The average molecular weight is 761 g/mol. The molecule has 2 aromatic carbocycles. The lowest BCUT2D eigenvalue weighted by molar-refractivity contribution is -0.138. The SMILES string of the molecule is C[C@@H]1COc2ccc(C#C[C@]3(O)CCN(C)C3=O)cc2-n2nc(C(N)=O)cc21.C[C@H]1COc2ccc(C#C[C@]3(O)CCN(C)C3=O)cc2-n2nc(C(N)=O)cc21. The lowest BCUT2D eigenvalue weighted by atomic mass is 10.0. The Kier molecular flexibility index (Phi) is 9.57. The van der Waals surface area contributed by atoms with Crippen molar-refractivity contribution in [2.45, 2.75) is 49.7 Å². The molecule has 288 valence electrons. The summed E-state index contributed by atoms with van der Waals surface area (Å²) in [6, 6.07) is 13.9. The Morgan fingerprint density at radius 2 is 1.11 bits per heavy atom. The molecule has 8 rings (SSSR count). The zero-order chi connectivity index (χ0) is 40.1. The highest BCUT2D eigenvalue weighted by Gasteiger charge is 2.43. The van der Waals surface area contributed by atoms with Crippen LogP contribution in [-0.2, 0) is 9.59 Å². The Hall–Kier alpha value is -6.62. The molecule has 0 aliphatic carbocycles. The highest BCUT2D eigenvalue weighted by molar-refractivity contribution is 5.92. The third kappa shape index (κ3) is 6.92. The van der Waals surface area contributed by atoms with Gasteiger partial charge in [-0.3, -0.25) is 19.2 Å². The van der Waals surface area contributed by atoms with Gasteiger partial charge in [0.25, 0.3) is 23.6 Å². The molecular weight excluding hydrogens is 720 g/mol. The highest BCUT2D eigenvalue weighted by atomic mass is 16.5. The number of hydrogen-bond acceptors (Lipinski definition) is 10. The van der Waals surface area contributed by atoms with E-state index in [4.69, 9.17) is 20.9 Å². The summed E-state index contributed by atoms with van der Waals surface area (Å²) in [5, 5.41) is 29.6. The van der Waals surface area contributed by atoms with E-state index in [2.05, 4.69) is 33.9 Å². The zero-order valence-corrected chi connectivity index (χ0v) is 31.2. The number of aliphatic hydroxyl groups is 2. The van der Waals surface area contributed by atoms with Gasteiger partial charge >= 0.3 is 0 Å². The predicted molar refractivity (Wildman–Crippen MR) is 200 cm³/mol. The molecule has 0 saturated carbocycles. The number of primary amides is 2. The maximum absolute atomic E-state index is 12.1. The van der Waals surface area contributed by atoms with E-state index in [1.165, 1.54) is 9.80 Å². The van der Waals surface area contributed by atoms with Gasteiger partial charge in [-0.25, -0.2) is 9.36 Å². The first kappa shape index (κ1) is 37.7. The molecule has 6 N–H and O–H groups in total. The summed E-state index contributed by atoms with van der Waals surface area (Å²) < 4.78 is 15.0. The lowest BCUT2D eigenvalue weighted by Gasteiger charge is -2.13. The monoisotopic (exact) mass is 760 g/mol. The molecule has 4 aliphatic heterocycles. The smallest absolute Gasteiger partial charge is 0.269 e. The van der Waals surface area contributed by atoms with Crippen LogP contribution in [0.3, 0.4) is 0 Å². The van der Waals surface area contributed by atoms with E-state index >= 15 is 0 Å². The maximum atomic E-state index is 12.1. The molecule has 2 fully saturated rings. The van der Waals surface area contributed by atoms with Crippen LogP contribution in [0.5, 0.6) is 11.5 Å². The van der Waals surface area contributed by atoms with Gasteiger partial charge in [0, 0.05) is 63.0 Å². The van der Waals surface area contributed by atoms with Crippen LogP contribution in [-0.4, -0.2) is 115 Å². The van der Waals surface area contributed by atoms with Gasteiger partial charge < -0.3 is 41.0 Å². The standard InChI is InChI=1S/2C20H20N4O4/c2*1-12-11-28-17-4-3-13(5-6-20(27)7-8-23(2)19(20)26)9-16(17)24-15(12)10-14(22-24)18(21)25/h2*3-4,9-10,12,27H,7-8,11H2,1-2H3,(H2,21,25)/t12-,20+;12-,20-/m10/s1. The zero-order valence-electron chi connectivity index (χ0n) is 31.2. The Morgan fingerprint density at radius 1 is 0.714 bits per heavy atom. The molecule has 2 aromatic heterocycles. The third-order valence-electron chi connectivity index (χ3n) is 10.2. The van der Waals surface area contributed by atoms with Crippen molar-refractivity contribution in [1.82, 2.24) is 29.4 Å². The number of carbonyl (C=O) groups excluding carboxylic acids is 4. The molecule has 4 aromatic rings. The molecule has 16 heteroatoms. The van der Waals surface area contributed by atoms with Gasteiger partial charge in [0.15, 0.2) is 11.4 Å². The second-order valence-corrected chi connectivity index (χ2v) is 14.4. The molecule has 56 heavy (non-hydrogen) atoms. The van der Waals surface area contributed by atoms with E-state index in [0.717, 1.165) is 11.4 Å². The van der Waals surface area contributed by atoms with Gasteiger partial charge in [-0.2, -0.15) is 10.2 Å². The molecule has 4 atom stereocenters. The van der Waals surface area contributed by atoms with Crippen LogP contribution < -0.4 is 20.9 Å². The normalized spacial score (nSPS) is 23.2. The first-order valence-corrected chi connectivity index (χ1v) is 17.9.